The Morgan fingerprint density at radius 2 is 1.36 bits per heavy atom. The molecule has 0 saturated heterocycles. The van der Waals surface area contributed by atoms with Gasteiger partial charge < -0.3 is 35.9 Å². The third kappa shape index (κ3) is 15.8. The number of amides is 2. The lowest BCUT2D eigenvalue weighted by Gasteiger charge is -2.22. The molecule has 1 aromatic rings. The minimum absolute atomic E-state index is 0.00849. The topological polar surface area (TPSA) is 124 Å². The molecule has 0 spiro atoms. The summed E-state index contributed by atoms with van der Waals surface area (Å²) in [5.74, 6) is -0.270. The number of hydrogen-bond donors (Lipinski definition) is 5. The summed E-state index contributed by atoms with van der Waals surface area (Å²) in [5, 5.41) is 15.2. The number of para-hydroxylation sites is 1. The van der Waals surface area contributed by atoms with Crippen LogP contribution in [0.4, 0.5) is 0 Å². The van der Waals surface area contributed by atoms with Gasteiger partial charge in [-0.3, -0.25) is 9.59 Å². The first-order valence-electron chi connectivity index (χ1n) is 14.3. The molecule has 0 aromatic heterocycles. The molecule has 3 unspecified atom stereocenters. The molecule has 0 aliphatic carbocycles. The normalized spacial score (nSPS) is 13.4. The highest BCUT2D eigenvalue weighted by Gasteiger charge is 2.26. The maximum absolute atomic E-state index is 13.0. The summed E-state index contributed by atoms with van der Waals surface area (Å²) in [7, 11) is 9.56. The van der Waals surface area contributed by atoms with Crippen LogP contribution in [0.1, 0.15) is 57.8 Å². The standard InChI is InChI=1S/C25H48B4N6O4/c1-35(29)18-10-7-14-20(33-27)23(36)30-16-8-5-15-22(25(38)39-19-11-3-2-4-12-19)32-24(37)21(34-28)13-6-9-17-31-26/h2-4,11-12,20-22,31,33-34H,5-10,13-18,26-29H2,1H3,(H,30,36)(H,32,37). The van der Waals surface area contributed by atoms with Gasteiger partial charge in [0.1, 0.15) is 11.8 Å². The third-order valence-corrected chi connectivity index (χ3v) is 6.63. The fraction of sp³-hybridized carbons (Fsp3) is 0.640. The highest BCUT2D eigenvalue weighted by molar-refractivity contribution is 6.07. The largest absolute Gasteiger partial charge is 0.425 e. The number of benzene rings is 1. The summed E-state index contributed by atoms with van der Waals surface area (Å²) in [5.41, 5.74) is 0. The number of unbranched alkanes of at least 4 members (excludes halogenated alkanes) is 3. The van der Waals surface area contributed by atoms with Gasteiger partial charge in [-0.15, -0.1) is 0 Å². The van der Waals surface area contributed by atoms with Gasteiger partial charge >= 0.3 is 5.97 Å². The fourth-order valence-corrected chi connectivity index (χ4v) is 4.25. The summed E-state index contributed by atoms with van der Waals surface area (Å²) in [4.78, 5) is 40.7. The van der Waals surface area contributed by atoms with E-state index in [9.17, 15) is 14.4 Å². The predicted molar refractivity (Wildman–Crippen MR) is 167 cm³/mol. The molecular weight excluding hydrogens is 492 g/mol. The van der Waals surface area contributed by atoms with E-state index in [2.05, 4.69) is 31.1 Å². The number of carbonyl (C=O) groups is 3. The summed E-state index contributed by atoms with van der Waals surface area (Å²) in [6.45, 7) is 2.41. The maximum atomic E-state index is 13.0. The van der Waals surface area contributed by atoms with Gasteiger partial charge in [-0.1, -0.05) is 31.0 Å². The van der Waals surface area contributed by atoms with Crippen LogP contribution in [-0.2, 0) is 14.4 Å². The molecule has 0 radical (unpaired) electrons. The molecule has 214 valence electrons. The summed E-state index contributed by atoms with van der Waals surface area (Å²) >= 11 is 0. The molecule has 2 amide bonds. The van der Waals surface area contributed by atoms with Gasteiger partial charge in [0.2, 0.25) is 11.8 Å². The molecule has 10 nitrogen and oxygen atoms in total. The van der Waals surface area contributed by atoms with Crippen LogP contribution >= 0.6 is 0 Å². The maximum Gasteiger partial charge on any atom is 0.334 e. The Balaban J connectivity index is 2.60. The lowest BCUT2D eigenvalue weighted by molar-refractivity contribution is -0.140. The number of hydrogen-bond acceptors (Lipinski definition) is 8. The van der Waals surface area contributed by atoms with Crippen LogP contribution in [0.25, 0.3) is 0 Å². The minimum Gasteiger partial charge on any atom is -0.425 e. The number of nitrogens with zero attached hydrogens (tertiary/aromatic N) is 1. The van der Waals surface area contributed by atoms with Crippen LogP contribution in [0.2, 0.25) is 0 Å². The second-order valence-electron chi connectivity index (χ2n) is 10.2. The van der Waals surface area contributed by atoms with E-state index in [4.69, 9.17) is 4.74 Å². The SMILES string of the molecule is BNCCCCC(NB)C(=O)NC(CCCCNC(=O)C(CCCCN(B)C)NB)C(=O)Oc1ccccc1. The highest BCUT2D eigenvalue weighted by Crippen LogP contribution is 2.12. The lowest BCUT2D eigenvalue weighted by atomic mass is 10.0. The van der Waals surface area contributed by atoms with E-state index in [1.54, 1.807) is 40.2 Å². The van der Waals surface area contributed by atoms with Crippen molar-refractivity contribution in [2.24, 2.45) is 0 Å². The Kier molecular flexibility index (Phi) is 19.2. The average molecular weight is 540 g/mol. The van der Waals surface area contributed by atoms with Gasteiger partial charge in [0, 0.05) is 6.54 Å². The summed E-state index contributed by atoms with van der Waals surface area (Å²) in [6, 6.07) is 7.48. The van der Waals surface area contributed by atoms with Crippen LogP contribution < -0.4 is 31.1 Å². The number of esters is 1. The van der Waals surface area contributed by atoms with Crippen molar-refractivity contribution in [3.05, 3.63) is 30.3 Å². The molecule has 3 atom stereocenters. The molecule has 5 N–H and O–H groups in total. The lowest BCUT2D eigenvalue weighted by Crippen LogP contribution is -2.50. The average Bonchev–Trinajstić information content (AvgIpc) is 2.92. The van der Waals surface area contributed by atoms with Crippen molar-refractivity contribution < 1.29 is 19.1 Å². The third-order valence-electron chi connectivity index (χ3n) is 6.63. The zero-order chi connectivity index (χ0) is 28.9. The minimum atomic E-state index is -0.775. The summed E-state index contributed by atoms with van der Waals surface area (Å²) in [6.07, 6.45) is 7.11. The second kappa shape index (κ2) is 21.5. The molecule has 0 aliphatic rings. The van der Waals surface area contributed by atoms with Crippen molar-refractivity contribution in [2.75, 3.05) is 26.7 Å². The zero-order valence-corrected chi connectivity index (χ0v) is 24.7. The van der Waals surface area contributed by atoms with Crippen LogP contribution in [0.5, 0.6) is 5.75 Å². The highest BCUT2D eigenvalue weighted by atomic mass is 16.5. The Hall–Kier alpha value is -2.27. The van der Waals surface area contributed by atoms with Crippen molar-refractivity contribution in [3.63, 3.8) is 0 Å². The number of ether oxygens (including phenoxy) is 1. The molecule has 0 aliphatic heterocycles. The monoisotopic (exact) mass is 540 g/mol. The first kappa shape index (κ1) is 34.8. The van der Waals surface area contributed by atoms with E-state index in [1.165, 1.54) is 0 Å². The number of rotatable bonds is 22. The van der Waals surface area contributed by atoms with E-state index >= 15 is 0 Å². The smallest absolute Gasteiger partial charge is 0.334 e. The van der Waals surface area contributed by atoms with Crippen LogP contribution in [0.3, 0.4) is 0 Å². The number of nitrogens with one attached hydrogen (secondary N) is 5. The van der Waals surface area contributed by atoms with Gasteiger partial charge in [0.05, 0.1) is 12.1 Å². The molecular formula is C25H48B4N6O4. The van der Waals surface area contributed by atoms with E-state index in [0.29, 0.717) is 38.0 Å². The van der Waals surface area contributed by atoms with Crippen LogP contribution in [0.15, 0.2) is 30.3 Å². The summed E-state index contributed by atoms with van der Waals surface area (Å²) < 4.78 is 5.54. The van der Waals surface area contributed by atoms with Gasteiger partial charge in [0.25, 0.3) is 0 Å². The fourth-order valence-electron chi connectivity index (χ4n) is 4.25. The Morgan fingerprint density at radius 3 is 1.95 bits per heavy atom. The molecule has 39 heavy (non-hydrogen) atoms. The molecule has 14 heteroatoms. The molecule has 0 heterocycles. The first-order valence-corrected chi connectivity index (χ1v) is 14.3. The van der Waals surface area contributed by atoms with Gasteiger partial charge in [-0.2, -0.15) is 0 Å². The number of carbonyl (C=O) groups excluding carboxylic acids is 3. The predicted octanol–water partition coefficient (Wildman–Crippen LogP) is -2.67. The van der Waals surface area contributed by atoms with Crippen molar-refractivity contribution in [3.8, 4) is 5.75 Å². The second-order valence-corrected chi connectivity index (χ2v) is 10.2. The van der Waals surface area contributed by atoms with Crippen LogP contribution in [0, 0.1) is 0 Å². The molecule has 1 aromatic carbocycles. The Bertz CT molecular complexity index is 825. The zero-order valence-electron chi connectivity index (χ0n) is 24.7. The Labute approximate surface area is 238 Å². The van der Waals surface area contributed by atoms with Gasteiger partial charge in [0.15, 0.2) is 31.9 Å². The Morgan fingerprint density at radius 1 is 0.795 bits per heavy atom. The van der Waals surface area contributed by atoms with Gasteiger partial charge in [-0.05, 0) is 77.2 Å². The van der Waals surface area contributed by atoms with Crippen molar-refractivity contribution >= 4 is 49.7 Å². The van der Waals surface area contributed by atoms with E-state index in [0.717, 1.165) is 45.2 Å². The first-order chi connectivity index (χ1) is 18.8. The van der Waals surface area contributed by atoms with E-state index < -0.39 is 12.0 Å². The molecule has 0 bridgehead atoms. The van der Waals surface area contributed by atoms with Crippen molar-refractivity contribution in [1.82, 2.24) is 31.1 Å². The van der Waals surface area contributed by atoms with E-state index in [1.807, 2.05) is 29.1 Å². The van der Waals surface area contributed by atoms with Crippen molar-refractivity contribution in [2.45, 2.75) is 75.9 Å². The van der Waals surface area contributed by atoms with E-state index in [-0.39, 0.29) is 23.9 Å². The molecule has 0 saturated carbocycles. The molecule has 0 fully saturated rings. The molecule has 1 rings (SSSR count). The van der Waals surface area contributed by atoms with Crippen molar-refractivity contribution in [1.29, 1.82) is 0 Å². The van der Waals surface area contributed by atoms with Gasteiger partial charge in [-0.25, -0.2) is 4.79 Å². The van der Waals surface area contributed by atoms with Crippen LogP contribution in [-0.4, -0.2) is 99.3 Å². The quantitative estimate of drug-likeness (QED) is 0.0468.